The number of nitrogens with zero attached hydrogens (tertiary/aromatic N) is 1. The number of carbonyl (C=O) groups is 2. The van der Waals surface area contributed by atoms with Gasteiger partial charge < -0.3 is 14.6 Å². The molecule has 1 atom stereocenters. The minimum Gasteiger partial charge on any atom is -0.459 e. The molecule has 0 spiro atoms. The van der Waals surface area contributed by atoms with Crippen LogP contribution in [0.25, 0.3) is 0 Å². The van der Waals surface area contributed by atoms with Crippen LogP contribution in [-0.2, 0) is 11.2 Å². The van der Waals surface area contributed by atoms with Gasteiger partial charge in [-0.15, -0.1) is 0 Å². The van der Waals surface area contributed by atoms with Gasteiger partial charge in [-0.05, 0) is 55.0 Å². The van der Waals surface area contributed by atoms with Crippen molar-refractivity contribution >= 4 is 11.8 Å². The molecule has 5 nitrogen and oxygen atoms in total. The Bertz CT molecular complexity index is 1040. The normalized spacial score (nSPS) is 15.1. The van der Waals surface area contributed by atoms with E-state index in [1.165, 1.54) is 18.2 Å². The van der Waals surface area contributed by atoms with Gasteiger partial charge in [0.05, 0.1) is 6.26 Å². The molecule has 1 fully saturated rings. The van der Waals surface area contributed by atoms with E-state index in [4.69, 9.17) is 4.42 Å². The molecular formula is C28H32N2O3. The first-order valence-electron chi connectivity index (χ1n) is 11.9. The van der Waals surface area contributed by atoms with Gasteiger partial charge in [0.15, 0.2) is 5.76 Å². The van der Waals surface area contributed by atoms with E-state index in [2.05, 4.69) is 24.4 Å². The molecule has 5 heteroatoms. The molecule has 0 aliphatic heterocycles. The predicted molar refractivity (Wildman–Crippen MR) is 129 cm³/mol. The Morgan fingerprint density at radius 1 is 0.970 bits per heavy atom. The Balaban J connectivity index is 1.66. The Labute approximate surface area is 195 Å². The molecule has 4 rings (SSSR count). The van der Waals surface area contributed by atoms with Crippen LogP contribution in [-0.4, -0.2) is 29.3 Å². The summed E-state index contributed by atoms with van der Waals surface area (Å²) in [5.74, 6) is -0.162. The van der Waals surface area contributed by atoms with Gasteiger partial charge in [-0.25, -0.2) is 0 Å². The van der Waals surface area contributed by atoms with Gasteiger partial charge in [0.1, 0.15) is 6.04 Å². The summed E-state index contributed by atoms with van der Waals surface area (Å²) in [6, 6.07) is 20.5. The monoisotopic (exact) mass is 444 g/mol. The number of benzene rings is 2. The molecule has 0 saturated heterocycles. The van der Waals surface area contributed by atoms with Crippen LogP contribution in [0.5, 0.6) is 0 Å². The summed E-state index contributed by atoms with van der Waals surface area (Å²) in [5.41, 5.74) is 3.13. The molecule has 3 aromatic rings. The summed E-state index contributed by atoms with van der Waals surface area (Å²) in [7, 11) is 0. The number of furan rings is 1. The van der Waals surface area contributed by atoms with E-state index in [0.29, 0.717) is 13.0 Å². The third-order valence-corrected chi connectivity index (χ3v) is 6.50. The number of nitrogens with one attached hydrogen (secondary N) is 1. The fourth-order valence-electron chi connectivity index (χ4n) is 4.66. The second-order valence-electron chi connectivity index (χ2n) is 8.81. The van der Waals surface area contributed by atoms with Gasteiger partial charge in [-0.2, -0.15) is 0 Å². The predicted octanol–water partition coefficient (Wildman–Crippen LogP) is 5.46. The number of amides is 2. The van der Waals surface area contributed by atoms with Crippen LogP contribution in [0.4, 0.5) is 0 Å². The van der Waals surface area contributed by atoms with Crippen molar-refractivity contribution in [3.63, 3.8) is 0 Å². The molecule has 0 bridgehead atoms. The van der Waals surface area contributed by atoms with Gasteiger partial charge in [-0.3, -0.25) is 9.59 Å². The number of aryl methyl sites for hydroxylation is 1. The fraction of sp³-hybridized carbons (Fsp3) is 0.357. The van der Waals surface area contributed by atoms with Crippen molar-refractivity contribution in [2.45, 2.75) is 57.5 Å². The lowest BCUT2D eigenvalue weighted by molar-refractivity contribution is -0.126. The van der Waals surface area contributed by atoms with Crippen LogP contribution in [0.15, 0.2) is 77.4 Å². The minimum atomic E-state index is -0.727. The number of hydrogen-bond acceptors (Lipinski definition) is 3. The van der Waals surface area contributed by atoms with Crippen molar-refractivity contribution < 1.29 is 14.0 Å². The highest BCUT2D eigenvalue weighted by atomic mass is 16.3. The molecule has 0 unspecified atom stereocenters. The Morgan fingerprint density at radius 3 is 2.39 bits per heavy atom. The van der Waals surface area contributed by atoms with Crippen LogP contribution in [0.3, 0.4) is 0 Å². The first-order chi connectivity index (χ1) is 16.1. The van der Waals surface area contributed by atoms with Gasteiger partial charge in [0.25, 0.3) is 5.91 Å². The lowest BCUT2D eigenvalue weighted by Gasteiger charge is -2.33. The Hall–Kier alpha value is -3.34. The molecule has 2 aromatic carbocycles. The van der Waals surface area contributed by atoms with Crippen molar-refractivity contribution in [3.8, 4) is 0 Å². The lowest BCUT2D eigenvalue weighted by atomic mass is 9.94. The highest BCUT2D eigenvalue weighted by molar-refractivity contribution is 5.96. The van der Waals surface area contributed by atoms with Crippen molar-refractivity contribution in [1.29, 1.82) is 0 Å². The van der Waals surface area contributed by atoms with E-state index < -0.39 is 6.04 Å². The highest BCUT2D eigenvalue weighted by Crippen LogP contribution is 2.26. The molecule has 172 valence electrons. The Morgan fingerprint density at radius 2 is 1.70 bits per heavy atom. The van der Waals surface area contributed by atoms with E-state index in [1.54, 1.807) is 17.0 Å². The zero-order chi connectivity index (χ0) is 23.0. The van der Waals surface area contributed by atoms with E-state index in [-0.39, 0.29) is 23.6 Å². The summed E-state index contributed by atoms with van der Waals surface area (Å²) >= 11 is 0. The van der Waals surface area contributed by atoms with E-state index in [9.17, 15) is 9.59 Å². The molecule has 1 aliphatic carbocycles. The van der Waals surface area contributed by atoms with Crippen molar-refractivity contribution in [1.82, 2.24) is 10.2 Å². The quantitative estimate of drug-likeness (QED) is 0.502. The van der Waals surface area contributed by atoms with Crippen LogP contribution >= 0.6 is 0 Å². The lowest BCUT2D eigenvalue weighted by Crippen LogP contribution is -2.47. The maximum atomic E-state index is 13.7. The van der Waals surface area contributed by atoms with Gasteiger partial charge >= 0.3 is 0 Å². The summed E-state index contributed by atoms with van der Waals surface area (Å²) in [4.78, 5) is 28.9. The van der Waals surface area contributed by atoms with Gasteiger partial charge in [0, 0.05) is 12.6 Å². The minimum absolute atomic E-state index is 0.127. The van der Waals surface area contributed by atoms with E-state index in [1.807, 2.05) is 42.5 Å². The smallest absolute Gasteiger partial charge is 0.290 e. The molecule has 1 aliphatic rings. The van der Waals surface area contributed by atoms with Gasteiger partial charge in [0.2, 0.25) is 5.91 Å². The first-order valence-corrected chi connectivity index (χ1v) is 11.9. The fourth-order valence-corrected chi connectivity index (χ4v) is 4.66. The van der Waals surface area contributed by atoms with Crippen molar-refractivity contribution in [2.24, 2.45) is 0 Å². The summed E-state index contributed by atoms with van der Waals surface area (Å²) in [5, 5.41) is 3.24. The molecule has 1 N–H and O–H groups in total. The summed E-state index contributed by atoms with van der Waals surface area (Å²) < 4.78 is 5.44. The van der Waals surface area contributed by atoms with Crippen LogP contribution in [0.2, 0.25) is 0 Å². The van der Waals surface area contributed by atoms with E-state index in [0.717, 1.165) is 36.8 Å². The van der Waals surface area contributed by atoms with Crippen LogP contribution in [0, 0.1) is 6.92 Å². The first kappa shape index (κ1) is 22.8. The average Bonchev–Trinajstić information content (AvgIpc) is 3.38. The maximum Gasteiger partial charge on any atom is 0.290 e. The second-order valence-corrected chi connectivity index (χ2v) is 8.81. The third-order valence-electron chi connectivity index (χ3n) is 6.50. The molecule has 0 radical (unpaired) electrons. The topological polar surface area (TPSA) is 62.6 Å². The molecule has 1 saturated carbocycles. The number of carbonyl (C=O) groups excluding carboxylic acids is 2. The SMILES string of the molecule is Cc1ccccc1CCN(C(=O)c1ccco1)[C@H](C(=O)NC1CCCCC1)c1ccccc1. The Kier molecular flexibility index (Phi) is 7.61. The molecule has 1 heterocycles. The maximum absolute atomic E-state index is 13.7. The largest absolute Gasteiger partial charge is 0.459 e. The molecular weight excluding hydrogens is 412 g/mol. The molecule has 33 heavy (non-hydrogen) atoms. The summed E-state index contributed by atoms with van der Waals surface area (Å²) in [6.45, 7) is 2.47. The number of hydrogen-bond donors (Lipinski definition) is 1. The highest BCUT2D eigenvalue weighted by Gasteiger charge is 2.34. The third kappa shape index (κ3) is 5.72. The zero-order valence-electron chi connectivity index (χ0n) is 19.2. The molecule has 1 aromatic heterocycles. The van der Waals surface area contributed by atoms with Crippen LogP contribution in [0.1, 0.15) is 65.4 Å². The zero-order valence-corrected chi connectivity index (χ0v) is 19.2. The van der Waals surface area contributed by atoms with E-state index >= 15 is 0 Å². The standard InChI is InChI=1S/C28H32N2O3/c1-21-11-8-9-12-22(21)18-19-30(28(32)25-17-10-20-33-25)26(23-13-4-2-5-14-23)27(31)29-24-15-6-3-7-16-24/h2,4-5,8-14,17,20,24,26H,3,6-7,15-16,18-19H2,1H3,(H,29,31)/t26-/m0/s1. The average molecular weight is 445 g/mol. The van der Waals surface area contributed by atoms with Crippen molar-refractivity contribution in [3.05, 3.63) is 95.4 Å². The second kappa shape index (κ2) is 11.0. The van der Waals surface area contributed by atoms with Crippen LogP contribution < -0.4 is 5.32 Å². The molecule has 2 amide bonds. The number of rotatable bonds is 8. The van der Waals surface area contributed by atoms with Gasteiger partial charge in [-0.1, -0.05) is 73.9 Å². The van der Waals surface area contributed by atoms with Crippen molar-refractivity contribution in [2.75, 3.05) is 6.54 Å². The summed E-state index contributed by atoms with van der Waals surface area (Å²) in [6.07, 6.45) is 7.59.